The van der Waals surface area contributed by atoms with E-state index in [0.29, 0.717) is 33.8 Å². The van der Waals surface area contributed by atoms with Gasteiger partial charge in [-0.25, -0.2) is 18.2 Å². The summed E-state index contributed by atoms with van der Waals surface area (Å²) in [6.07, 6.45) is 0. The summed E-state index contributed by atoms with van der Waals surface area (Å²) in [5.41, 5.74) is 8.40. The summed E-state index contributed by atoms with van der Waals surface area (Å²) in [6.45, 7) is -2.21. The van der Waals surface area contributed by atoms with E-state index in [1.807, 2.05) is 0 Å². The summed E-state index contributed by atoms with van der Waals surface area (Å²) < 4.78 is 39.7. The smallest absolute Gasteiger partial charge is 0.166 e. The highest BCUT2D eigenvalue weighted by Crippen LogP contribution is 2.41. The highest BCUT2D eigenvalue weighted by molar-refractivity contribution is 6.07. The number of halogens is 4. The molecule has 0 aromatic heterocycles. The van der Waals surface area contributed by atoms with E-state index in [1.165, 1.54) is 11.0 Å². The fourth-order valence-corrected chi connectivity index (χ4v) is 2.58. The van der Waals surface area contributed by atoms with Crippen molar-refractivity contribution in [1.29, 1.82) is 0 Å². The second kappa shape index (κ2) is 6.91. The zero-order valence-electron chi connectivity index (χ0n) is 12.1. The van der Waals surface area contributed by atoms with Gasteiger partial charge in [-0.05, 0) is 23.8 Å². The maximum absolute atomic E-state index is 13.6. The molecule has 0 fully saturated rings. The number of alkyl halides is 3. The average molecular weight is 342 g/mol. The summed E-state index contributed by atoms with van der Waals surface area (Å²) >= 11 is 0. The standard InChI is InChI=1S/C16H14F3N3.ClH/c17-7-10-4-5-13-12(6-10)16(20)21-15-11(8-18)2-1-3-14(15)22(13)9-19;/h1-6H,7-9H2,(H2,20,21);1H. The molecule has 2 aromatic carbocycles. The van der Waals surface area contributed by atoms with Crippen LogP contribution in [0, 0.1) is 0 Å². The van der Waals surface area contributed by atoms with Gasteiger partial charge in [0.25, 0.3) is 0 Å². The molecule has 1 aliphatic rings. The lowest BCUT2D eigenvalue weighted by Gasteiger charge is -2.23. The number of nitrogens with two attached hydrogens (primary N) is 1. The minimum Gasteiger partial charge on any atom is -0.383 e. The van der Waals surface area contributed by atoms with E-state index in [1.54, 1.807) is 30.3 Å². The number of rotatable bonds is 3. The van der Waals surface area contributed by atoms with Gasteiger partial charge in [0.15, 0.2) is 6.80 Å². The highest BCUT2D eigenvalue weighted by Gasteiger charge is 2.23. The second-order valence-electron chi connectivity index (χ2n) is 4.95. The lowest BCUT2D eigenvalue weighted by atomic mass is 10.1. The molecule has 0 aliphatic carbocycles. The van der Waals surface area contributed by atoms with Crippen LogP contribution in [-0.2, 0) is 13.3 Å². The Kier molecular flexibility index (Phi) is 5.15. The lowest BCUT2D eigenvalue weighted by Crippen LogP contribution is -2.20. The third-order valence-corrected chi connectivity index (χ3v) is 3.67. The molecule has 0 unspecified atom stereocenters. The molecule has 0 saturated heterocycles. The SMILES string of the molecule is Cl.NC1=Nc2c(CF)cccc2N(CF)c2ccc(CF)cc21. The van der Waals surface area contributed by atoms with E-state index < -0.39 is 20.1 Å². The van der Waals surface area contributed by atoms with Crippen LogP contribution >= 0.6 is 12.4 Å². The van der Waals surface area contributed by atoms with Crippen molar-refractivity contribution in [3.8, 4) is 0 Å². The predicted octanol–water partition coefficient (Wildman–Crippen LogP) is 4.46. The van der Waals surface area contributed by atoms with Gasteiger partial charge in [0, 0.05) is 11.1 Å². The molecule has 0 bridgehead atoms. The molecule has 3 rings (SSSR count). The molecular weight excluding hydrogens is 327 g/mol. The summed E-state index contributed by atoms with van der Waals surface area (Å²) in [7, 11) is 0. The molecule has 0 atom stereocenters. The van der Waals surface area contributed by atoms with Crippen LogP contribution < -0.4 is 10.6 Å². The fourth-order valence-electron chi connectivity index (χ4n) is 2.58. The van der Waals surface area contributed by atoms with Gasteiger partial charge in [0.1, 0.15) is 19.2 Å². The first kappa shape index (κ1) is 17.1. The molecule has 7 heteroatoms. The molecule has 0 spiro atoms. The molecule has 3 nitrogen and oxygen atoms in total. The van der Waals surface area contributed by atoms with Gasteiger partial charge in [-0.3, -0.25) is 0 Å². The Bertz CT molecular complexity index is 749. The van der Waals surface area contributed by atoms with Crippen molar-refractivity contribution in [3.63, 3.8) is 0 Å². The van der Waals surface area contributed by atoms with Gasteiger partial charge in [0.2, 0.25) is 0 Å². The Morgan fingerprint density at radius 2 is 1.78 bits per heavy atom. The number of hydrogen-bond donors (Lipinski definition) is 1. The first-order chi connectivity index (χ1) is 10.7. The molecule has 0 saturated carbocycles. The first-order valence-electron chi connectivity index (χ1n) is 6.74. The molecule has 122 valence electrons. The number of benzene rings is 2. The van der Waals surface area contributed by atoms with E-state index in [-0.39, 0.29) is 18.2 Å². The average Bonchev–Trinajstić information content (AvgIpc) is 2.68. The maximum atomic E-state index is 13.6. The van der Waals surface area contributed by atoms with Crippen molar-refractivity contribution >= 4 is 35.3 Å². The summed E-state index contributed by atoms with van der Waals surface area (Å²) in [6, 6.07) is 9.58. The first-order valence-corrected chi connectivity index (χ1v) is 6.74. The van der Waals surface area contributed by atoms with Gasteiger partial charge in [-0.1, -0.05) is 18.2 Å². The number of fused-ring (bicyclic) bond motifs is 2. The van der Waals surface area contributed by atoms with Gasteiger partial charge in [-0.2, -0.15) is 0 Å². The van der Waals surface area contributed by atoms with E-state index in [4.69, 9.17) is 5.73 Å². The number of aliphatic imine (C=N–C) groups is 1. The molecule has 1 aliphatic heterocycles. The zero-order chi connectivity index (χ0) is 15.7. The fraction of sp³-hybridized carbons (Fsp3) is 0.188. The van der Waals surface area contributed by atoms with Crippen LogP contribution in [-0.4, -0.2) is 12.6 Å². The van der Waals surface area contributed by atoms with Crippen LogP contribution in [0.5, 0.6) is 0 Å². The third kappa shape index (κ3) is 2.86. The molecule has 2 N–H and O–H groups in total. The topological polar surface area (TPSA) is 41.6 Å². The van der Waals surface area contributed by atoms with Gasteiger partial charge in [-0.15, -0.1) is 12.4 Å². The predicted molar refractivity (Wildman–Crippen MR) is 88.3 cm³/mol. The Labute approximate surface area is 138 Å². The Morgan fingerprint density at radius 1 is 1.00 bits per heavy atom. The van der Waals surface area contributed by atoms with Crippen molar-refractivity contribution in [1.82, 2.24) is 0 Å². The van der Waals surface area contributed by atoms with Gasteiger partial charge < -0.3 is 10.6 Å². The molecule has 23 heavy (non-hydrogen) atoms. The van der Waals surface area contributed by atoms with Crippen LogP contribution in [0.2, 0.25) is 0 Å². The van der Waals surface area contributed by atoms with E-state index >= 15 is 0 Å². The molecule has 2 aromatic rings. The maximum Gasteiger partial charge on any atom is 0.166 e. The van der Waals surface area contributed by atoms with Crippen molar-refractivity contribution in [2.75, 3.05) is 11.7 Å². The number of amidine groups is 1. The lowest BCUT2D eigenvalue weighted by molar-refractivity contribution is 0.484. The normalized spacial score (nSPS) is 12.7. The van der Waals surface area contributed by atoms with Crippen LogP contribution in [0.3, 0.4) is 0 Å². The number of para-hydroxylation sites is 1. The quantitative estimate of drug-likeness (QED) is 0.837. The van der Waals surface area contributed by atoms with Crippen LogP contribution in [0.1, 0.15) is 16.7 Å². The Hall–Kier alpha value is -2.21. The molecular formula is C16H15ClF3N3. The van der Waals surface area contributed by atoms with E-state index in [2.05, 4.69) is 4.99 Å². The summed E-state index contributed by atoms with van der Waals surface area (Å²) in [5.74, 6) is 0.114. The third-order valence-electron chi connectivity index (χ3n) is 3.67. The summed E-state index contributed by atoms with van der Waals surface area (Å²) in [4.78, 5) is 5.61. The number of hydrogen-bond acceptors (Lipinski definition) is 3. The second-order valence-corrected chi connectivity index (χ2v) is 4.95. The summed E-state index contributed by atoms with van der Waals surface area (Å²) in [5, 5.41) is 0. The van der Waals surface area contributed by atoms with Crippen molar-refractivity contribution in [3.05, 3.63) is 53.1 Å². The highest BCUT2D eigenvalue weighted by atomic mass is 35.5. The van der Waals surface area contributed by atoms with Gasteiger partial charge in [0.05, 0.1) is 17.1 Å². The number of nitrogens with zero attached hydrogens (tertiary/aromatic N) is 2. The van der Waals surface area contributed by atoms with Crippen LogP contribution in [0.25, 0.3) is 0 Å². The number of anilines is 2. The Balaban J connectivity index is 0.00000192. The molecule has 0 radical (unpaired) electrons. The molecule has 0 amide bonds. The van der Waals surface area contributed by atoms with Crippen molar-refractivity contribution in [2.45, 2.75) is 13.3 Å². The van der Waals surface area contributed by atoms with Crippen molar-refractivity contribution < 1.29 is 13.2 Å². The largest absolute Gasteiger partial charge is 0.383 e. The van der Waals surface area contributed by atoms with E-state index in [0.717, 1.165) is 0 Å². The zero-order valence-corrected chi connectivity index (χ0v) is 12.9. The monoisotopic (exact) mass is 341 g/mol. The van der Waals surface area contributed by atoms with Gasteiger partial charge >= 0.3 is 0 Å². The molecule has 1 heterocycles. The Morgan fingerprint density at radius 3 is 2.43 bits per heavy atom. The minimum absolute atomic E-state index is 0. The van der Waals surface area contributed by atoms with Crippen LogP contribution in [0.15, 0.2) is 41.4 Å². The van der Waals surface area contributed by atoms with Crippen molar-refractivity contribution in [2.24, 2.45) is 10.7 Å². The minimum atomic E-state index is -0.826. The van der Waals surface area contributed by atoms with Crippen LogP contribution in [0.4, 0.5) is 30.2 Å². The van der Waals surface area contributed by atoms with E-state index in [9.17, 15) is 13.2 Å².